The van der Waals surface area contributed by atoms with Crippen molar-refractivity contribution < 1.29 is 14.1 Å². The molecular formula is C14H22N4O3. The van der Waals surface area contributed by atoms with Crippen molar-refractivity contribution in [2.45, 2.75) is 52.0 Å². The Kier molecular flexibility index (Phi) is 4.93. The summed E-state index contributed by atoms with van der Waals surface area (Å²) < 4.78 is 5.13. The number of rotatable bonds is 5. The van der Waals surface area contributed by atoms with E-state index in [4.69, 9.17) is 4.52 Å². The van der Waals surface area contributed by atoms with Gasteiger partial charge in [-0.05, 0) is 6.42 Å². The van der Waals surface area contributed by atoms with E-state index >= 15 is 0 Å². The monoisotopic (exact) mass is 294 g/mol. The highest BCUT2D eigenvalue weighted by molar-refractivity contribution is 5.88. The molecule has 0 aliphatic carbocycles. The molecule has 1 fully saturated rings. The number of piperazine rings is 1. The van der Waals surface area contributed by atoms with Gasteiger partial charge < -0.3 is 14.7 Å². The number of aryl methyl sites for hydroxylation is 1. The molecule has 2 amide bonds. The third-order valence-electron chi connectivity index (χ3n) is 3.59. The lowest BCUT2D eigenvalue weighted by atomic mass is 10.1. The predicted octanol–water partition coefficient (Wildman–Crippen LogP) is 0.863. The summed E-state index contributed by atoms with van der Waals surface area (Å²) in [6.07, 6.45) is 1.31. The van der Waals surface area contributed by atoms with Crippen molar-refractivity contribution in [1.82, 2.24) is 20.4 Å². The highest BCUT2D eigenvalue weighted by Crippen LogP contribution is 2.13. The Bertz CT molecular complexity index is 512. The second-order valence-electron chi connectivity index (χ2n) is 5.50. The minimum Gasteiger partial charge on any atom is -0.353 e. The molecule has 0 radical (unpaired) electrons. The molecule has 0 spiro atoms. The summed E-state index contributed by atoms with van der Waals surface area (Å²) in [7, 11) is 0. The number of hydrogen-bond donors (Lipinski definition) is 1. The van der Waals surface area contributed by atoms with Gasteiger partial charge in [-0.2, -0.15) is 4.98 Å². The average molecular weight is 294 g/mol. The molecular weight excluding hydrogens is 272 g/mol. The largest absolute Gasteiger partial charge is 0.353 e. The maximum Gasteiger partial charge on any atom is 0.242 e. The van der Waals surface area contributed by atoms with E-state index in [1.54, 1.807) is 4.90 Å². The number of aromatic nitrogens is 2. The molecule has 7 heteroatoms. The zero-order chi connectivity index (χ0) is 15.4. The smallest absolute Gasteiger partial charge is 0.242 e. The maximum atomic E-state index is 12.3. The first-order valence-corrected chi connectivity index (χ1v) is 7.42. The van der Waals surface area contributed by atoms with E-state index < -0.39 is 0 Å². The number of nitrogens with zero attached hydrogens (tertiary/aromatic N) is 3. The van der Waals surface area contributed by atoms with Gasteiger partial charge in [-0.3, -0.25) is 9.59 Å². The highest BCUT2D eigenvalue weighted by Gasteiger charge is 2.31. The Labute approximate surface area is 124 Å². The van der Waals surface area contributed by atoms with E-state index in [0.29, 0.717) is 37.6 Å². The second kappa shape index (κ2) is 6.69. The summed E-state index contributed by atoms with van der Waals surface area (Å²) in [5.41, 5.74) is 0. The molecule has 0 aromatic carbocycles. The van der Waals surface area contributed by atoms with E-state index in [2.05, 4.69) is 15.5 Å². The minimum absolute atomic E-state index is 0.0407. The minimum atomic E-state index is -0.361. The standard InChI is InChI=1S/C14H22N4O3/c1-4-10-14(20)15-7-8-18(10)12(19)6-5-11-16-13(9(2)3)17-21-11/h9-10H,4-8H2,1-3H3,(H,15,20)/t10-/m0/s1. The fraction of sp³-hybridized carbons (Fsp3) is 0.714. The van der Waals surface area contributed by atoms with Crippen LogP contribution >= 0.6 is 0 Å². The molecule has 2 rings (SSSR count). The van der Waals surface area contributed by atoms with Crippen molar-refractivity contribution in [2.75, 3.05) is 13.1 Å². The molecule has 1 saturated heterocycles. The van der Waals surface area contributed by atoms with Crippen molar-refractivity contribution in [3.05, 3.63) is 11.7 Å². The van der Waals surface area contributed by atoms with Crippen LogP contribution in [0, 0.1) is 0 Å². The normalized spacial score (nSPS) is 19.0. The number of amides is 2. The maximum absolute atomic E-state index is 12.3. The van der Waals surface area contributed by atoms with E-state index in [-0.39, 0.29) is 30.2 Å². The molecule has 2 heterocycles. The zero-order valence-corrected chi connectivity index (χ0v) is 12.8. The van der Waals surface area contributed by atoms with Crippen LogP contribution in [0.15, 0.2) is 4.52 Å². The van der Waals surface area contributed by atoms with Crippen LogP contribution in [0.2, 0.25) is 0 Å². The van der Waals surface area contributed by atoms with Gasteiger partial charge in [0, 0.05) is 31.8 Å². The Morgan fingerprint density at radius 3 is 2.90 bits per heavy atom. The molecule has 1 aliphatic heterocycles. The van der Waals surface area contributed by atoms with Crippen LogP contribution in [-0.2, 0) is 16.0 Å². The molecule has 1 N–H and O–H groups in total. The third kappa shape index (κ3) is 3.59. The number of hydrogen-bond acceptors (Lipinski definition) is 5. The van der Waals surface area contributed by atoms with Gasteiger partial charge in [0.15, 0.2) is 5.82 Å². The van der Waals surface area contributed by atoms with Gasteiger partial charge in [-0.1, -0.05) is 25.9 Å². The van der Waals surface area contributed by atoms with Gasteiger partial charge in [0.05, 0.1) is 0 Å². The molecule has 1 aromatic heterocycles. The van der Waals surface area contributed by atoms with E-state index in [1.807, 2.05) is 20.8 Å². The number of carbonyl (C=O) groups is 2. The van der Waals surface area contributed by atoms with Crippen LogP contribution in [0.3, 0.4) is 0 Å². The Morgan fingerprint density at radius 1 is 1.52 bits per heavy atom. The van der Waals surface area contributed by atoms with E-state index in [0.717, 1.165) is 0 Å². The Balaban J connectivity index is 1.92. The first-order chi connectivity index (χ1) is 10.0. The molecule has 21 heavy (non-hydrogen) atoms. The molecule has 7 nitrogen and oxygen atoms in total. The van der Waals surface area contributed by atoms with Gasteiger partial charge in [-0.25, -0.2) is 0 Å². The Morgan fingerprint density at radius 2 is 2.29 bits per heavy atom. The quantitative estimate of drug-likeness (QED) is 0.870. The lowest BCUT2D eigenvalue weighted by Gasteiger charge is -2.34. The molecule has 1 atom stereocenters. The highest BCUT2D eigenvalue weighted by atomic mass is 16.5. The van der Waals surface area contributed by atoms with Crippen LogP contribution < -0.4 is 5.32 Å². The van der Waals surface area contributed by atoms with Gasteiger partial charge in [-0.15, -0.1) is 0 Å². The van der Waals surface area contributed by atoms with Gasteiger partial charge in [0.2, 0.25) is 17.7 Å². The molecule has 116 valence electrons. The SMILES string of the molecule is CC[C@H]1C(=O)NCCN1C(=O)CCc1nc(C(C)C)no1. The lowest BCUT2D eigenvalue weighted by molar-refractivity contribution is -0.143. The fourth-order valence-corrected chi connectivity index (χ4v) is 2.38. The summed E-state index contributed by atoms with van der Waals surface area (Å²) in [5, 5.41) is 6.66. The van der Waals surface area contributed by atoms with Crippen LogP contribution in [0.1, 0.15) is 51.2 Å². The summed E-state index contributed by atoms with van der Waals surface area (Å²) >= 11 is 0. The van der Waals surface area contributed by atoms with E-state index in [9.17, 15) is 9.59 Å². The van der Waals surface area contributed by atoms with Crippen LogP contribution in [0.25, 0.3) is 0 Å². The predicted molar refractivity (Wildman–Crippen MR) is 75.5 cm³/mol. The molecule has 1 aromatic rings. The van der Waals surface area contributed by atoms with Gasteiger partial charge in [0.25, 0.3) is 0 Å². The third-order valence-corrected chi connectivity index (χ3v) is 3.59. The van der Waals surface area contributed by atoms with Crippen molar-refractivity contribution in [2.24, 2.45) is 0 Å². The summed E-state index contributed by atoms with van der Waals surface area (Å²) in [4.78, 5) is 29.9. The van der Waals surface area contributed by atoms with Gasteiger partial charge in [0.1, 0.15) is 6.04 Å². The van der Waals surface area contributed by atoms with Crippen LogP contribution in [0.5, 0.6) is 0 Å². The van der Waals surface area contributed by atoms with Gasteiger partial charge >= 0.3 is 0 Å². The number of nitrogens with one attached hydrogen (secondary N) is 1. The summed E-state index contributed by atoms with van der Waals surface area (Å²) in [6, 6.07) is -0.361. The molecule has 0 saturated carbocycles. The van der Waals surface area contributed by atoms with Crippen molar-refractivity contribution in [3.8, 4) is 0 Å². The van der Waals surface area contributed by atoms with Crippen LogP contribution in [-0.4, -0.2) is 46.0 Å². The second-order valence-corrected chi connectivity index (χ2v) is 5.50. The molecule has 0 unspecified atom stereocenters. The first kappa shape index (κ1) is 15.5. The van der Waals surface area contributed by atoms with Crippen molar-refractivity contribution in [1.29, 1.82) is 0 Å². The zero-order valence-electron chi connectivity index (χ0n) is 12.8. The van der Waals surface area contributed by atoms with Crippen molar-refractivity contribution >= 4 is 11.8 Å². The molecule has 1 aliphatic rings. The lowest BCUT2D eigenvalue weighted by Crippen LogP contribution is -2.56. The Hall–Kier alpha value is -1.92. The van der Waals surface area contributed by atoms with Crippen molar-refractivity contribution in [3.63, 3.8) is 0 Å². The van der Waals surface area contributed by atoms with E-state index in [1.165, 1.54) is 0 Å². The topological polar surface area (TPSA) is 88.3 Å². The average Bonchev–Trinajstić information content (AvgIpc) is 2.93. The van der Waals surface area contributed by atoms with Crippen LogP contribution in [0.4, 0.5) is 0 Å². The first-order valence-electron chi connectivity index (χ1n) is 7.42. The number of carbonyl (C=O) groups excluding carboxylic acids is 2. The summed E-state index contributed by atoms with van der Waals surface area (Å²) in [6.45, 7) is 6.95. The fourth-order valence-electron chi connectivity index (χ4n) is 2.38. The summed E-state index contributed by atoms with van der Waals surface area (Å²) in [5.74, 6) is 1.22. The molecule has 0 bridgehead atoms.